The molecule has 0 saturated heterocycles. The largest absolute Gasteiger partial charge is 0.485 e. The van der Waals surface area contributed by atoms with E-state index in [9.17, 15) is 4.79 Å². The van der Waals surface area contributed by atoms with E-state index in [-0.39, 0.29) is 12.2 Å². The summed E-state index contributed by atoms with van der Waals surface area (Å²) in [5, 5.41) is 12.8. The van der Waals surface area contributed by atoms with Gasteiger partial charge < -0.3 is 14.4 Å². The van der Waals surface area contributed by atoms with E-state index in [0.29, 0.717) is 11.5 Å². The van der Waals surface area contributed by atoms with Crippen LogP contribution in [0.4, 0.5) is 0 Å². The minimum Gasteiger partial charge on any atom is -0.485 e. The van der Waals surface area contributed by atoms with Crippen LogP contribution in [0, 0.1) is 13.8 Å². The summed E-state index contributed by atoms with van der Waals surface area (Å²) >= 11 is 0. The summed E-state index contributed by atoms with van der Waals surface area (Å²) in [5.74, 6) is -0.124. The molecular formula is C13H13NO4. The summed E-state index contributed by atoms with van der Waals surface area (Å²) in [6.45, 7) is 3.84. The van der Waals surface area contributed by atoms with Gasteiger partial charge in [-0.15, -0.1) is 0 Å². The van der Waals surface area contributed by atoms with E-state index in [1.54, 1.807) is 18.2 Å². The third-order valence-electron chi connectivity index (χ3n) is 2.41. The van der Waals surface area contributed by atoms with Crippen molar-refractivity contribution in [3.05, 3.63) is 46.8 Å². The van der Waals surface area contributed by atoms with Crippen LogP contribution in [0.1, 0.15) is 27.4 Å². The van der Waals surface area contributed by atoms with E-state index in [1.807, 2.05) is 13.8 Å². The number of carboxylic acids is 1. The maximum absolute atomic E-state index is 11.0. The molecule has 1 aromatic heterocycles. The Morgan fingerprint density at radius 1 is 1.39 bits per heavy atom. The van der Waals surface area contributed by atoms with Crippen molar-refractivity contribution in [2.45, 2.75) is 20.5 Å². The maximum Gasteiger partial charge on any atom is 0.339 e. The molecule has 0 aliphatic rings. The molecule has 0 atom stereocenters. The zero-order valence-electron chi connectivity index (χ0n) is 10.1. The van der Waals surface area contributed by atoms with Crippen molar-refractivity contribution in [3.8, 4) is 5.75 Å². The van der Waals surface area contributed by atoms with Gasteiger partial charge in [0, 0.05) is 6.07 Å². The van der Waals surface area contributed by atoms with Gasteiger partial charge in [-0.1, -0.05) is 11.2 Å². The average molecular weight is 247 g/mol. The molecule has 0 aliphatic heterocycles. The Kier molecular flexibility index (Phi) is 3.32. The molecule has 0 saturated carbocycles. The number of aromatic carboxylic acids is 1. The van der Waals surface area contributed by atoms with Crippen molar-refractivity contribution < 1.29 is 19.2 Å². The SMILES string of the molecule is Cc1ccc(C(=O)O)c(OCc2cc(C)no2)c1. The number of aromatic nitrogens is 1. The summed E-state index contributed by atoms with van der Waals surface area (Å²) in [7, 11) is 0. The molecule has 5 nitrogen and oxygen atoms in total. The minimum absolute atomic E-state index is 0.136. The fourth-order valence-corrected chi connectivity index (χ4v) is 1.56. The quantitative estimate of drug-likeness (QED) is 0.898. The molecule has 0 unspecified atom stereocenters. The van der Waals surface area contributed by atoms with Crippen LogP contribution in [0.25, 0.3) is 0 Å². The Balaban J connectivity index is 2.17. The zero-order valence-corrected chi connectivity index (χ0v) is 10.1. The van der Waals surface area contributed by atoms with Crippen LogP contribution in [0.3, 0.4) is 0 Å². The Morgan fingerprint density at radius 2 is 2.17 bits per heavy atom. The second kappa shape index (κ2) is 4.91. The third-order valence-corrected chi connectivity index (χ3v) is 2.41. The predicted octanol–water partition coefficient (Wildman–Crippen LogP) is 2.57. The van der Waals surface area contributed by atoms with Gasteiger partial charge in [0.25, 0.3) is 0 Å². The van der Waals surface area contributed by atoms with Crippen LogP contribution < -0.4 is 4.74 Å². The second-order valence-corrected chi connectivity index (χ2v) is 4.03. The predicted molar refractivity (Wildman–Crippen MR) is 63.7 cm³/mol. The Morgan fingerprint density at radius 3 is 2.78 bits per heavy atom. The van der Waals surface area contributed by atoms with Gasteiger partial charge in [-0.05, 0) is 31.5 Å². The fourth-order valence-electron chi connectivity index (χ4n) is 1.56. The van der Waals surface area contributed by atoms with Gasteiger partial charge in [0.15, 0.2) is 5.76 Å². The number of carbonyl (C=O) groups is 1. The van der Waals surface area contributed by atoms with Crippen molar-refractivity contribution in [2.24, 2.45) is 0 Å². The molecule has 94 valence electrons. The fraction of sp³-hybridized carbons (Fsp3) is 0.231. The first-order chi connectivity index (χ1) is 8.56. The first-order valence-corrected chi connectivity index (χ1v) is 5.45. The highest BCUT2D eigenvalue weighted by Crippen LogP contribution is 2.21. The number of nitrogens with zero attached hydrogens (tertiary/aromatic N) is 1. The molecule has 2 rings (SSSR count). The van der Waals surface area contributed by atoms with Gasteiger partial charge in [0.05, 0.1) is 5.69 Å². The minimum atomic E-state index is -1.02. The number of ether oxygens (including phenoxy) is 1. The lowest BCUT2D eigenvalue weighted by Crippen LogP contribution is -2.03. The first-order valence-electron chi connectivity index (χ1n) is 5.45. The van der Waals surface area contributed by atoms with E-state index in [2.05, 4.69) is 5.16 Å². The molecule has 1 aromatic carbocycles. The van der Waals surface area contributed by atoms with E-state index >= 15 is 0 Å². The Labute approximate surface area is 104 Å². The lowest BCUT2D eigenvalue weighted by Gasteiger charge is -2.08. The molecule has 0 fully saturated rings. The maximum atomic E-state index is 11.0. The summed E-state index contributed by atoms with van der Waals surface area (Å²) in [4.78, 5) is 11.0. The Bertz CT molecular complexity index is 574. The van der Waals surface area contributed by atoms with Crippen LogP contribution >= 0.6 is 0 Å². The van der Waals surface area contributed by atoms with Crippen molar-refractivity contribution in [2.75, 3.05) is 0 Å². The second-order valence-electron chi connectivity index (χ2n) is 4.03. The molecule has 1 N–H and O–H groups in total. The van der Waals surface area contributed by atoms with Crippen LogP contribution in [-0.2, 0) is 6.61 Å². The van der Waals surface area contributed by atoms with Crippen LogP contribution in [0.5, 0.6) is 5.75 Å². The van der Waals surface area contributed by atoms with Gasteiger partial charge >= 0.3 is 5.97 Å². The number of aryl methyl sites for hydroxylation is 2. The highest BCUT2D eigenvalue weighted by atomic mass is 16.5. The molecule has 0 radical (unpaired) electrons. The average Bonchev–Trinajstić information content (AvgIpc) is 2.72. The number of benzene rings is 1. The van der Waals surface area contributed by atoms with E-state index in [1.165, 1.54) is 6.07 Å². The molecule has 5 heteroatoms. The van der Waals surface area contributed by atoms with Gasteiger partial charge in [-0.25, -0.2) is 4.79 Å². The third kappa shape index (κ3) is 2.68. The van der Waals surface area contributed by atoms with Crippen molar-refractivity contribution >= 4 is 5.97 Å². The number of hydrogen-bond acceptors (Lipinski definition) is 4. The van der Waals surface area contributed by atoms with Crippen LogP contribution in [0.15, 0.2) is 28.8 Å². The summed E-state index contributed by atoms with van der Waals surface area (Å²) in [6, 6.07) is 6.69. The standard InChI is InChI=1S/C13H13NO4/c1-8-3-4-11(13(15)16)12(5-8)17-7-10-6-9(2)14-18-10/h3-6H,7H2,1-2H3,(H,15,16). The smallest absolute Gasteiger partial charge is 0.339 e. The molecule has 1 heterocycles. The Hall–Kier alpha value is -2.30. The molecule has 0 bridgehead atoms. The number of carboxylic acid groups (broad SMARTS) is 1. The highest BCUT2D eigenvalue weighted by Gasteiger charge is 2.12. The van der Waals surface area contributed by atoms with Gasteiger partial charge in [0.1, 0.15) is 17.9 Å². The number of hydrogen-bond donors (Lipinski definition) is 1. The molecule has 0 spiro atoms. The summed E-state index contributed by atoms with van der Waals surface area (Å²) < 4.78 is 10.5. The molecule has 0 aliphatic carbocycles. The van der Waals surface area contributed by atoms with Gasteiger partial charge in [0.2, 0.25) is 0 Å². The van der Waals surface area contributed by atoms with Crippen molar-refractivity contribution in [3.63, 3.8) is 0 Å². The molecule has 0 amide bonds. The zero-order chi connectivity index (χ0) is 13.1. The van der Waals surface area contributed by atoms with Gasteiger partial charge in [-0.2, -0.15) is 0 Å². The normalized spacial score (nSPS) is 10.3. The number of rotatable bonds is 4. The highest BCUT2D eigenvalue weighted by molar-refractivity contribution is 5.90. The monoisotopic (exact) mass is 247 g/mol. The van der Waals surface area contributed by atoms with Crippen LogP contribution in [-0.4, -0.2) is 16.2 Å². The lowest BCUT2D eigenvalue weighted by molar-refractivity contribution is 0.0691. The summed E-state index contributed by atoms with van der Waals surface area (Å²) in [5.41, 5.74) is 1.83. The van der Waals surface area contributed by atoms with Crippen molar-refractivity contribution in [1.29, 1.82) is 0 Å². The summed E-state index contributed by atoms with van der Waals surface area (Å²) in [6.07, 6.45) is 0. The first kappa shape index (κ1) is 12.2. The molecule has 2 aromatic rings. The topological polar surface area (TPSA) is 72.6 Å². The van der Waals surface area contributed by atoms with Crippen molar-refractivity contribution in [1.82, 2.24) is 5.16 Å². The molecule has 18 heavy (non-hydrogen) atoms. The molecular weight excluding hydrogens is 234 g/mol. The van der Waals surface area contributed by atoms with Gasteiger partial charge in [-0.3, -0.25) is 0 Å². The van der Waals surface area contributed by atoms with E-state index in [0.717, 1.165) is 11.3 Å². The van der Waals surface area contributed by atoms with E-state index in [4.69, 9.17) is 14.4 Å². The van der Waals surface area contributed by atoms with Crippen LogP contribution in [0.2, 0.25) is 0 Å². The lowest BCUT2D eigenvalue weighted by atomic mass is 10.1. The van der Waals surface area contributed by atoms with E-state index < -0.39 is 5.97 Å².